The predicted molar refractivity (Wildman–Crippen MR) is 121 cm³/mol. The highest BCUT2D eigenvalue weighted by Gasteiger charge is 2.22. The number of nitrogens with zero attached hydrogens (tertiary/aromatic N) is 3. The normalized spacial score (nSPS) is 15.7. The number of benzene rings is 1. The molecule has 2 aromatic heterocycles. The zero-order chi connectivity index (χ0) is 21.6. The molecular formula is C21H23N5O3S2. The Hall–Kier alpha value is -2.69. The van der Waals surface area contributed by atoms with Crippen molar-refractivity contribution >= 4 is 40.6 Å². The van der Waals surface area contributed by atoms with Crippen LogP contribution >= 0.6 is 23.1 Å². The summed E-state index contributed by atoms with van der Waals surface area (Å²) >= 11 is 2.96. The smallest absolute Gasteiger partial charge is 0.251 e. The lowest BCUT2D eigenvalue weighted by atomic mass is 10.2. The van der Waals surface area contributed by atoms with Gasteiger partial charge in [0.05, 0.1) is 23.3 Å². The van der Waals surface area contributed by atoms with E-state index < -0.39 is 0 Å². The van der Waals surface area contributed by atoms with Crippen molar-refractivity contribution < 1.29 is 14.3 Å². The average Bonchev–Trinajstić information content (AvgIpc) is 3.55. The van der Waals surface area contributed by atoms with E-state index in [4.69, 9.17) is 4.74 Å². The topological polar surface area (TPSA) is 98.1 Å². The largest absolute Gasteiger partial charge is 0.376 e. The molecule has 1 fully saturated rings. The number of thiophene rings is 1. The molecule has 1 atom stereocenters. The molecule has 0 saturated carbocycles. The van der Waals surface area contributed by atoms with Crippen LogP contribution < -0.4 is 10.6 Å². The third-order valence-corrected chi connectivity index (χ3v) is 6.69. The van der Waals surface area contributed by atoms with Crippen LogP contribution in [0, 0.1) is 0 Å². The van der Waals surface area contributed by atoms with Gasteiger partial charge in [-0.05, 0) is 48.6 Å². The number of ether oxygens (including phenoxy) is 1. The number of hydrogen-bond acceptors (Lipinski definition) is 7. The van der Waals surface area contributed by atoms with E-state index in [-0.39, 0.29) is 23.7 Å². The zero-order valence-corrected chi connectivity index (χ0v) is 18.7. The van der Waals surface area contributed by atoms with Crippen LogP contribution in [-0.4, -0.2) is 52.1 Å². The van der Waals surface area contributed by atoms with E-state index in [1.165, 1.54) is 11.8 Å². The molecule has 4 rings (SSSR count). The molecule has 1 aromatic carbocycles. The molecule has 2 amide bonds. The second-order valence-electron chi connectivity index (χ2n) is 7.02. The Labute approximate surface area is 188 Å². The zero-order valence-electron chi connectivity index (χ0n) is 17.0. The van der Waals surface area contributed by atoms with Gasteiger partial charge >= 0.3 is 0 Å². The predicted octanol–water partition coefficient (Wildman–Crippen LogP) is 3.28. The van der Waals surface area contributed by atoms with Gasteiger partial charge in [0.1, 0.15) is 0 Å². The van der Waals surface area contributed by atoms with Crippen LogP contribution in [-0.2, 0) is 16.1 Å². The van der Waals surface area contributed by atoms with Crippen LogP contribution in [0.15, 0.2) is 46.9 Å². The van der Waals surface area contributed by atoms with Gasteiger partial charge in [0, 0.05) is 24.9 Å². The molecule has 0 spiro atoms. The Morgan fingerprint density at radius 1 is 1.26 bits per heavy atom. The van der Waals surface area contributed by atoms with E-state index in [0.29, 0.717) is 23.0 Å². The Morgan fingerprint density at radius 3 is 2.77 bits per heavy atom. The molecule has 0 bridgehead atoms. The Balaban J connectivity index is 1.41. The van der Waals surface area contributed by atoms with Gasteiger partial charge in [0.2, 0.25) is 5.91 Å². The van der Waals surface area contributed by atoms with Crippen molar-refractivity contribution in [2.24, 2.45) is 0 Å². The number of rotatable bonds is 8. The first kappa shape index (κ1) is 21.5. The summed E-state index contributed by atoms with van der Waals surface area (Å²) in [6.07, 6.45) is 2.21. The van der Waals surface area contributed by atoms with Gasteiger partial charge in [-0.25, -0.2) is 0 Å². The van der Waals surface area contributed by atoms with Crippen LogP contribution in [0.2, 0.25) is 0 Å². The van der Waals surface area contributed by atoms with Crippen LogP contribution in [0.25, 0.3) is 10.7 Å². The number of aromatic nitrogens is 3. The molecule has 31 heavy (non-hydrogen) atoms. The molecule has 3 aromatic rings. The van der Waals surface area contributed by atoms with Gasteiger partial charge in [-0.15, -0.1) is 21.5 Å². The van der Waals surface area contributed by atoms with E-state index in [1.807, 2.05) is 17.5 Å². The second kappa shape index (κ2) is 10.1. The van der Waals surface area contributed by atoms with E-state index in [0.717, 1.165) is 30.2 Å². The molecule has 3 heterocycles. The summed E-state index contributed by atoms with van der Waals surface area (Å²) in [6, 6.07) is 10.8. The highest BCUT2D eigenvalue weighted by Crippen LogP contribution is 2.29. The van der Waals surface area contributed by atoms with Gasteiger partial charge in [-0.1, -0.05) is 17.8 Å². The molecule has 1 aliphatic heterocycles. The number of anilines is 1. The summed E-state index contributed by atoms with van der Waals surface area (Å²) in [5.74, 6) is 0.687. The molecule has 1 aliphatic rings. The maximum Gasteiger partial charge on any atom is 0.251 e. The fourth-order valence-corrected chi connectivity index (χ4v) is 4.78. The standard InChI is InChI=1S/C21H23N5O3S2/c1-22-20(28)14-6-8-15(9-7-14)23-18(27)13-31-21-25-24-19(17-5-3-11-30-17)26(21)12-16-4-2-10-29-16/h3,5-9,11,16H,2,4,10,12-13H2,1H3,(H,22,28)(H,23,27). The average molecular weight is 458 g/mol. The first-order valence-corrected chi connectivity index (χ1v) is 11.8. The monoisotopic (exact) mass is 457 g/mol. The van der Waals surface area contributed by atoms with Crippen LogP contribution in [0.4, 0.5) is 5.69 Å². The lowest BCUT2D eigenvalue weighted by Gasteiger charge is -2.14. The summed E-state index contributed by atoms with van der Waals surface area (Å²) in [5, 5.41) is 16.8. The van der Waals surface area contributed by atoms with Gasteiger partial charge in [-0.2, -0.15) is 0 Å². The number of carbonyl (C=O) groups excluding carboxylic acids is 2. The van der Waals surface area contributed by atoms with E-state index in [1.54, 1.807) is 42.6 Å². The summed E-state index contributed by atoms with van der Waals surface area (Å²) in [7, 11) is 1.58. The van der Waals surface area contributed by atoms with E-state index >= 15 is 0 Å². The van der Waals surface area contributed by atoms with Gasteiger partial charge in [-0.3, -0.25) is 14.2 Å². The van der Waals surface area contributed by atoms with Crippen LogP contribution in [0.5, 0.6) is 0 Å². The molecule has 2 N–H and O–H groups in total. The minimum atomic E-state index is -0.166. The van der Waals surface area contributed by atoms with Crippen LogP contribution in [0.3, 0.4) is 0 Å². The Bertz CT molecular complexity index is 1030. The molecule has 0 aliphatic carbocycles. The number of amides is 2. The molecular weight excluding hydrogens is 434 g/mol. The first-order valence-electron chi connectivity index (χ1n) is 9.97. The van der Waals surface area contributed by atoms with Gasteiger partial charge < -0.3 is 15.4 Å². The number of hydrogen-bond donors (Lipinski definition) is 2. The lowest BCUT2D eigenvalue weighted by molar-refractivity contribution is -0.113. The number of carbonyl (C=O) groups is 2. The number of thioether (sulfide) groups is 1. The fraction of sp³-hybridized carbons (Fsp3) is 0.333. The van der Waals surface area contributed by atoms with Gasteiger partial charge in [0.25, 0.3) is 5.91 Å². The molecule has 8 nitrogen and oxygen atoms in total. The molecule has 162 valence electrons. The quantitative estimate of drug-likeness (QED) is 0.504. The third kappa shape index (κ3) is 5.33. The molecule has 0 radical (unpaired) electrons. The van der Waals surface area contributed by atoms with Crippen molar-refractivity contribution in [1.82, 2.24) is 20.1 Å². The van der Waals surface area contributed by atoms with Crippen LogP contribution in [0.1, 0.15) is 23.2 Å². The van der Waals surface area contributed by atoms with Crippen molar-refractivity contribution in [3.63, 3.8) is 0 Å². The third-order valence-electron chi connectivity index (χ3n) is 4.86. The highest BCUT2D eigenvalue weighted by molar-refractivity contribution is 7.99. The van der Waals surface area contributed by atoms with Crippen molar-refractivity contribution in [1.29, 1.82) is 0 Å². The minimum Gasteiger partial charge on any atom is -0.376 e. The van der Waals surface area contributed by atoms with Crippen molar-refractivity contribution in [2.45, 2.75) is 30.6 Å². The Kier molecular flexibility index (Phi) is 7.00. The molecule has 10 heteroatoms. The molecule has 1 unspecified atom stereocenters. The lowest BCUT2D eigenvalue weighted by Crippen LogP contribution is -2.19. The van der Waals surface area contributed by atoms with Crippen molar-refractivity contribution in [3.8, 4) is 10.7 Å². The van der Waals surface area contributed by atoms with E-state index in [9.17, 15) is 9.59 Å². The minimum absolute atomic E-state index is 0.140. The maximum absolute atomic E-state index is 12.5. The summed E-state index contributed by atoms with van der Waals surface area (Å²) in [5.41, 5.74) is 1.18. The maximum atomic E-state index is 12.5. The van der Waals surface area contributed by atoms with Gasteiger partial charge in [0.15, 0.2) is 11.0 Å². The van der Waals surface area contributed by atoms with Crippen molar-refractivity contribution in [2.75, 3.05) is 24.7 Å². The fourth-order valence-electron chi connectivity index (χ4n) is 3.32. The summed E-state index contributed by atoms with van der Waals surface area (Å²) in [6.45, 7) is 1.45. The van der Waals surface area contributed by atoms with E-state index in [2.05, 4.69) is 25.4 Å². The second-order valence-corrected chi connectivity index (χ2v) is 8.91. The first-order chi connectivity index (χ1) is 15.1. The highest BCUT2D eigenvalue weighted by atomic mass is 32.2. The molecule has 1 saturated heterocycles. The van der Waals surface area contributed by atoms with Crippen molar-refractivity contribution in [3.05, 3.63) is 47.3 Å². The number of nitrogens with one attached hydrogen (secondary N) is 2. The Morgan fingerprint density at radius 2 is 2.10 bits per heavy atom. The summed E-state index contributed by atoms with van der Waals surface area (Å²) < 4.78 is 7.86. The SMILES string of the molecule is CNC(=O)c1ccc(NC(=O)CSc2nnc(-c3cccs3)n2CC2CCCO2)cc1. The summed E-state index contributed by atoms with van der Waals surface area (Å²) in [4.78, 5) is 25.1.